The first kappa shape index (κ1) is 14.7. The Morgan fingerprint density at radius 1 is 1.40 bits per heavy atom. The average molecular weight is 280 g/mol. The van der Waals surface area contributed by atoms with Crippen LogP contribution in [0.4, 0.5) is 4.79 Å². The topological polar surface area (TPSA) is 65.0 Å². The van der Waals surface area contributed by atoms with E-state index in [1.807, 2.05) is 20.8 Å². The Hall–Kier alpha value is -1.75. The zero-order chi connectivity index (χ0) is 15.1. The number of ether oxygens (including phenoxy) is 3. The standard InChI is InChI=1S/C15H20O5/c1-8-6-9(2)11-7-12(16)15(4,20-14(17)18-5)19-13(11)10(8)3/h6,12,16H,7H2,1-5H3. The Bertz CT molecular complexity index is 552. The summed E-state index contributed by atoms with van der Waals surface area (Å²) in [7, 11) is 1.22. The molecule has 2 unspecified atom stereocenters. The van der Waals surface area contributed by atoms with E-state index in [9.17, 15) is 9.90 Å². The van der Waals surface area contributed by atoms with E-state index in [2.05, 4.69) is 10.8 Å². The summed E-state index contributed by atoms with van der Waals surface area (Å²) in [6.45, 7) is 7.46. The molecule has 2 rings (SSSR count). The van der Waals surface area contributed by atoms with Gasteiger partial charge >= 0.3 is 6.16 Å². The lowest BCUT2D eigenvalue weighted by Crippen LogP contribution is -2.52. The molecule has 0 bridgehead atoms. The van der Waals surface area contributed by atoms with Gasteiger partial charge in [0.25, 0.3) is 5.79 Å². The summed E-state index contributed by atoms with van der Waals surface area (Å²) < 4.78 is 15.4. The molecule has 1 heterocycles. The van der Waals surface area contributed by atoms with Gasteiger partial charge in [0, 0.05) is 18.9 Å². The van der Waals surface area contributed by atoms with E-state index in [1.54, 1.807) is 0 Å². The number of aliphatic hydroxyl groups is 1. The lowest BCUT2D eigenvalue weighted by Gasteiger charge is -2.39. The Kier molecular flexibility index (Phi) is 3.65. The minimum atomic E-state index is -1.44. The molecule has 0 amide bonds. The quantitative estimate of drug-likeness (QED) is 0.800. The number of hydrogen-bond acceptors (Lipinski definition) is 5. The van der Waals surface area contributed by atoms with Crippen LogP contribution in [0.2, 0.25) is 0 Å². The highest BCUT2D eigenvalue weighted by molar-refractivity contribution is 5.60. The highest BCUT2D eigenvalue weighted by atomic mass is 16.8. The molecule has 1 N–H and O–H groups in total. The van der Waals surface area contributed by atoms with E-state index in [1.165, 1.54) is 14.0 Å². The van der Waals surface area contributed by atoms with E-state index >= 15 is 0 Å². The van der Waals surface area contributed by atoms with Crippen LogP contribution in [0.5, 0.6) is 5.75 Å². The van der Waals surface area contributed by atoms with E-state index in [0.29, 0.717) is 12.2 Å². The second-order valence-electron chi connectivity index (χ2n) is 5.34. The van der Waals surface area contributed by atoms with Crippen LogP contribution in [-0.2, 0) is 15.9 Å². The number of aliphatic hydroxyl groups excluding tert-OH is 1. The van der Waals surface area contributed by atoms with Gasteiger partial charge in [-0.15, -0.1) is 0 Å². The van der Waals surface area contributed by atoms with Gasteiger partial charge in [0.05, 0.1) is 7.11 Å². The third-order valence-corrected chi connectivity index (χ3v) is 3.88. The second-order valence-corrected chi connectivity index (χ2v) is 5.34. The maximum Gasteiger partial charge on any atom is 0.511 e. The van der Waals surface area contributed by atoms with Gasteiger partial charge in [0.15, 0.2) is 0 Å². The number of rotatable bonds is 1. The first-order valence-electron chi connectivity index (χ1n) is 6.52. The zero-order valence-electron chi connectivity index (χ0n) is 12.4. The summed E-state index contributed by atoms with van der Waals surface area (Å²) in [5.41, 5.74) is 4.09. The molecule has 0 aliphatic carbocycles. The van der Waals surface area contributed by atoms with E-state index in [4.69, 9.17) is 9.47 Å². The fourth-order valence-corrected chi connectivity index (χ4v) is 2.44. The Labute approximate surface area is 118 Å². The van der Waals surface area contributed by atoms with Gasteiger partial charge in [-0.05, 0) is 37.5 Å². The van der Waals surface area contributed by atoms with Crippen molar-refractivity contribution in [1.29, 1.82) is 0 Å². The van der Waals surface area contributed by atoms with Crippen molar-refractivity contribution >= 4 is 6.16 Å². The van der Waals surface area contributed by atoms with Crippen molar-refractivity contribution in [1.82, 2.24) is 0 Å². The van der Waals surface area contributed by atoms with Crippen LogP contribution in [0.15, 0.2) is 6.07 Å². The number of benzene rings is 1. The summed E-state index contributed by atoms with van der Waals surface area (Å²) in [6, 6.07) is 2.06. The molecule has 1 aromatic rings. The number of carbonyl (C=O) groups is 1. The summed E-state index contributed by atoms with van der Waals surface area (Å²) >= 11 is 0. The minimum Gasteiger partial charge on any atom is -0.449 e. The number of carbonyl (C=O) groups excluding carboxylic acids is 1. The number of methoxy groups -OCH3 is 1. The van der Waals surface area contributed by atoms with Crippen molar-refractivity contribution in [2.75, 3.05) is 7.11 Å². The van der Waals surface area contributed by atoms with Crippen LogP contribution in [-0.4, -0.2) is 30.3 Å². The Morgan fingerprint density at radius 2 is 2.05 bits per heavy atom. The van der Waals surface area contributed by atoms with Crippen molar-refractivity contribution in [2.45, 2.75) is 46.0 Å². The summed E-state index contributed by atoms with van der Waals surface area (Å²) in [6.07, 6.45) is -1.46. The fourth-order valence-electron chi connectivity index (χ4n) is 2.44. The number of fused-ring (bicyclic) bond motifs is 1. The Balaban J connectivity index is 2.44. The predicted molar refractivity (Wildman–Crippen MR) is 72.9 cm³/mol. The first-order chi connectivity index (χ1) is 9.28. The van der Waals surface area contributed by atoms with Crippen molar-refractivity contribution < 1.29 is 24.1 Å². The SMILES string of the molecule is COC(=O)OC1(C)Oc2c(C)c(C)cc(C)c2CC1O. The maximum atomic E-state index is 11.3. The highest BCUT2D eigenvalue weighted by Gasteiger charge is 2.45. The van der Waals surface area contributed by atoms with Crippen LogP contribution in [0.1, 0.15) is 29.2 Å². The first-order valence-corrected chi connectivity index (χ1v) is 6.52. The molecule has 0 spiro atoms. The molecule has 0 saturated carbocycles. The maximum absolute atomic E-state index is 11.3. The van der Waals surface area contributed by atoms with E-state index in [0.717, 1.165) is 22.3 Å². The third kappa shape index (κ3) is 2.33. The van der Waals surface area contributed by atoms with Gasteiger partial charge in [0.1, 0.15) is 11.9 Å². The van der Waals surface area contributed by atoms with Crippen LogP contribution < -0.4 is 4.74 Å². The lowest BCUT2D eigenvalue weighted by atomic mass is 9.90. The van der Waals surface area contributed by atoms with Crippen LogP contribution in [0, 0.1) is 20.8 Å². The normalized spacial score (nSPS) is 24.6. The van der Waals surface area contributed by atoms with Gasteiger partial charge in [-0.3, -0.25) is 0 Å². The third-order valence-electron chi connectivity index (χ3n) is 3.88. The van der Waals surface area contributed by atoms with Gasteiger partial charge in [0.2, 0.25) is 0 Å². The molecule has 5 heteroatoms. The molecule has 5 nitrogen and oxygen atoms in total. The molecule has 0 radical (unpaired) electrons. The van der Waals surface area contributed by atoms with Crippen LogP contribution >= 0.6 is 0 Å². The van der Waals surface area contributed by atoms with Crippen LogP contribution in [0.25, 0.3) is 0 Å². The molecule has 20 heavy (non-hydrogen) atoms. The fraction of sp³-hybridized carbons (Fsp3) is 0.533. The molecule has 110 valence electrons. The largest absolute Gasteiger partial charge is 0.511 e. The van der Waals surface area contributed by atoms with Crippen molar-refractivity contribution in [3.8, 4) is 5.75 Å². The molecule has 1 aliphatic rings. The predicted octanol–water partition coefficient (Wildman–Crippen LogP) is 2.41. The van der Waals surface area contributed by atoms with E-state index < -0.39 is 18.0 Å². The van der Waals surface area contributed by atoms with Crippen molar-refractivity contribution in [3.63, 3.8) is 0 Å². The van der Waals surface area contributed by atoms with Gasteiger partial charge in [-0.25, -0.2) is 4.79 Å². The molecule has 1 aliphatic heterocycles. The van der Waals surface area contributed by atoms with Crippen molar-refractivity contribution in [2.24, 2.45) is 0 Å². The molecular formula is C15H20O5. The second kappa shape index (κ2) is 4.98. The Morgan fingerprint density at radius 3 is 2.65 bits per heavy atom. The smallest absolute Gasteiger partial charge is 0.449 e. The van der Waals surface area contributed by atoms with Gasteiger partial charge in [-0.2, -0.15) is 0 Å². The minimum absolute atomic E-state index is 0.371. The summed E-state index contributed by atoms with van der Waals surface area (Å²) in [5.74, 6) is -0.760. The summed E-state index contributed by atoms with van der Waals surface area (Å²) in [4.78, 5) is 11.3. The van der Waals surface area contributed by atoms with Crippen LogP contribution in [0.3, 0.4) is 0 Å². The molecule has 0 aromatic heterocycles. The highest BCUT2D eigenvalue weighted by Crippen LogP contribution is 2.39. The molecule has 0 fully saturated rings. The monoisotopic (exact) mass is 280 g/mol. The van der Waals surface area contributed by atoms with Gasteiger partial charge in [-0.1, -0.05) is 6.07 Å². The molecule has 0 saturated heterocycles. The molecule has 1 aromatic carbocycles. The average Bonchev–Trinajstić information content (AvgIpc) is 2.38. The van der Waals surface area contributed by atoms with E-state index in [-0.39, 0.29) is 0 Å². The zero-order valence-corrected chi connectivity index (χ0v) is 12.4. The molecule has 2 atom stereocenters. The van der Waals surface area contributed by atoms with Crippen molar-refractivity contribution in [3.05, 3.63) is 28.3 Å². The summed E-state index contributed by atoms with van der Waals surface area (Å²) in [5, 5.41) is 10.2. The number of hydrogen-bond donors (Lipinski definition) is 1. The molecular weight excluding hydrogens is 260 g/mol. The van der Waals surface area contributed by atoms with Gasteiger partial charge < -0.3 is 19.3 Å². The lowest BCUT2D eigenvalue weighted by molar-refractivity contribution is -0.209. The number of aryl methyl sites for hydroxylation is 2.